The number of carbonyl (C=O) groups excluding carboxylic acids is 1. The first-order valence-corrected chi connectivity index (χ1v) is 6.48. The van der Waals surface area contributed by atoms with Crippen LogP contribution in [0.25, 0.3) is 0 Å². The van der Waals surface area contributed by atoms with Gasteiger partial charge in [-0.1, -0.05) is 12.1 Å². The average Bonchev–Trinajstić information content (AvgIpc) is 2.53. The van der Waals surface area contributed by atoms with Crippen LogP contribution in [-0.4, -0.2) is 20.1 Å². The Morgan fingerprint density at radius 2 is 1.81 bits per heavy atom. The van der Waals surface area contributed by atoms with Crippen molar-refractivity contribution in [3.05, 3.63) is 53.6 Å². The number of hydrogen-bond acceptors (Lipinski definition) is 4. The molecule has 0 heterocycles. The van der Waals surface area contributed by atoms with Crippen LogP contribution in [-0.2, 0) is 6.54 Å². The first-order chi connectivity index (χ1) is 10.1. The lowest BCUT2D eigenvalue weighted by molar-refractivity contribution is 0.100. The number of ether oxygens (including phenoxy) is 2. The highest BCUT2D eigenvalue weighted by Crippen LogP contribution is 2.29. The lowest BCUT2D eigenvalue weighted by atomic mass is 10.1. The molecular weight excluding hydrogens is 268 g/mol. The molecule has 0 radical (unpaired) electrons. The van der Waals surface area contributed by atoms with Gasteiger partial charge in [0.25, 0.3) is 0 Å². The number of primary amides is 1. The molecule has 0 atom stereocenters. The third-order valence-corrected chi connectivity index (χ3v) is 3.13. The summed E-state index contributed by atoms with van der Waals surface area (Å²) in [5, 5.41) is 3.28. The molecule has 0 aliphatic rings. The number of rotatable bonds is 6. The van der Waals surface area contributed by atoms with Crippen molar-refractivity contribution in [3.63, 3.8) is 0 Å². The van der Waals surface area contributed by atoms with E-state index in [1.54, 1.807) is 26.4 Å². The van der Waals surface area contributed by atoms with Crippen LogP contribution in [0.4, 0.5) is 5.69 Å². The lowest BCUT2D eigenvalue weighted by Gasteiger charge is -2.12. The van der Waals surface area contributed by atoms with Crippen molar-refractivity contribution in [2.24, 2.45) is 5.73 Å². The van der Waals surface area contributed by atoms with Gasteiger partial charge in [0, 0.05) is 18.2 Å². The Hall–Kier alpha value is -2.69. The van der Waals surface area contributed by atoms with Crippen molar-refractivity contribution < 1.29 is 14.3 Å². The van der Waals surface area contributed by atoms with Gasteiger partial charge in [-0.25, -0.2) is 0 Å². The number of hydrogen-bond donors (Lipinski definition) is 2. The zero-order chi connectivity index (χ0) is 15.2. The third-order valence-electron chi connectivity index (χ3n) is 3.13. The minimum atomic E-state index is -0.425. The van der Waals surface area contributed by atoms with Crippen molar-refractivity contribution >= 4 is 11.6 Å². The highest BCUT2D eigenvalue weighted by Gasteiger charge is 2.05. The maximum atomic E-state index is 11.0. The molecule has 0 fully saturated rings. The fourth-order valence-corrected chi connectivity index (χ4v) is 1.93. The van der Waals surface area contributed by atoms with E-state index in [-0.39, 0.29) is 0 Å². The Morgan fingerprint density at radius 1 is 1.10 bits per heavy atom. The summed E-state index contributed by atoms with van der Waals surface area (Å²) in [4.78, 5) is 11.0. The van der Waals surface area contributed by atoms with Gasteiger partial charge in [-0.3, -0.25) is 4.79 Å². The average molecular weight is 286 g/mol. The topological polar surface area (TPSA) is 73.6 Å². The fraction of sp³-hybridized carbons (Fsp3) is 0.188. The summed E-state index contributed by atoms with van der Waals surface area (Å²) in [5.41, 5.74) is 7.62. The summed E-state index contributed by atoms with van der Waals surface area (Å²) in [6.07, 6.45) is 0. The predicted molar refractivity (Wildman–Crippen MR) is 81.8 cm³/mol. The molecule has 0 aliphatic carbocycles. The normalized spacial score (nSPS) is 10.0. The lowest BCUT2D eigenvalue weighted by Crippen LogP contribution is -2.10. The van der Waals surface area contributed by atoms with Crippen LogP contribution >= 0.6 is 0 Å². The molecule has 1 amide bonds. The van der Waals surface area contributed by atoms with Gasteiger partial charge in [0.15, 0.2) is 0 Å². The van der Waals surface area contributed by atoms with Gasteiger partial charge in [0.2, 0.25) is 5.91 Å². The van der Waals surface area contributed by atoms with E-state index in [2.05, 4.69) is 5.32 Å². The van der Waals surface area contributed by atoms with Crippen LogP contribution in [0, 0.1) is 0 Å². The summed E-state index contributed by atoms with van der Waals surface area (Å²) in [6.45, 7) is 0.613. The van der Waals surface area contributed by atoms with Gasteiger partial charge >= 0.3 is 0 Å². The Kier molecular flexibility index (Phi) is 4.66. The molecule has 0 saturated carbocycles. The van der Waals surface area contributed by atoms with Gasteiger partial charge in [-0.05, 0) is 29.8 Å². The van der Waals surface area contributed by atoms with E-state index in [4.69, 9.17) is 15.2 Å². The van der Waals surface area contributed by atoms with Gasteiger partial charge in [0.05, 0.1) is 19.9 Å². The van der Waals surface area contributed by atoms with Gasteiger partial charge < -0.3 is 20.5 Å². The van der Waals surface area contributed by atoms with E-state index in [1.807, 2.05) is 30.3 Å². The number of nitrogens with one attached hydrogen (secondary N) is 1. The Morgan fingerprint density at radius 3 is 2.38 bits per heavy atom. The molecule has 0 bridgehead atoms. The van der Waals surface area contributed by atoms with E-state index in [1.165, 1.54) is 0 Å². The zero-order valence-electron chi connectivity index (χ0n) is 12.1. The second-order valence-electron chi connectivity index (χ2n) is 4.48. The molecule has 2 rings (SSSR count). The summed E-state index contributed by atoms with van der Waals surface area (Å²) in [6, 6.07) is 12.7. The predicted octanol–water partition coefficient (Wildman–Crippen LogP) is 2.41. The van der Waals surface area contributed by atoms with E-state index in [0.29, 0.717) is 17.9 Å². The number of benzene rings is 2. The van der Waals surface area contributed by atoms with Crippen molar-refractivity contribution in [1.29, 1.82) is 0 Å². The number of amides is 1. The molecule has 110 valence electrons. The molecule has 0 aliphatic heterocycles. The summed E-state index contributed by atoms with van der Waals surface area (Å²) < 4.78 is 10.5. The quantitative estimate of drug-likeness (QED) is 0.855. The van der Waals surface area contributed by atoms with Crippen molar-refractivity contribution in [3.8, 4) is 11.5 Å². The van der Waals surface area contributed by atoms with Crippen LogP contribution in [0.15, 0.2) is 42.5 Å². The fourth-order valence-electron chi connectivity index (χ4n) is 1.93. The highest BCUT2D eigenvalue weighted by atomic mass is 16.5. The minimum absolute atomic E-state index is 0.425. The molecule has 21 heavy (non-hydrogen) atoms. The van der Waals surface area contributed by atoms with E-state index >= 15 is 0 Å². The standard InChI is InChI=1S/C16H18N2O3/c1-20-13-7-8-14(15(9-13)21-2)18-10-11-3-5-12(6-4-11)16(17)19/h3-9,18H,10H2,1-2H3,(H2,17,19). The Labute approximate surface area is 123 Å². The zero-order valence-corrected chi connectivity index (χ0v) is 12.1. The van der Waals surface area contributed by atoms with Crippen LogP contribution in [0.1, 0.15) is 15.9 Å². The SMILES string of the molecule is COc1ccc(NCc2ccc(C(N)=O)cc2)c(OC)c1. The number of carbonyl (C=O) groups is 1. The summed E-state index contributed by atoms with van der Waals surface area (Å²) in [5.74, 6) is 1.03. The highest BCUT2D eigenvalue weighted by molar-refractivity contribution is 5.92. The molecule has 5 heteroatoms. The van der Waals surface area contributed by atoms with Gasteiger partial charge in [0.1, 0.15) is 11.5 Å². The molecule has 2 aromatic rings. The van der Waals surface area contributed by atoms with E-state index in [0.717, 1.165) is 17.0 Å². The molecule has 0 spiro atoms. The van der Waals surface area contributed by atoms with E-state index in [9.17, 15) is 4.79 Å². The van der Waals surface area contributed by atoms with Gasteiger partial charge in [-0.15, -0.1) is 0 Å². The van der Waals surface area contributed by atoms with Crippen LogP contribution < -0.4 is 20.5 Å². The minimum Gasteiger partial charge on any atom is -0.497 e. The van der Waals surface area contributed by atoms with Crippen LogP contribution in [0.2, 0.25) is 0 Å². The first kappa shape index (κ1) is 14.7. The number of methoxy groups -OCH3 is 2. The largest absolute Gasteiger partial charge is 0.497 e. The van der Waals surface area contributed by atoms with Crippen molar-refractivity contribution in [2.75, 3.05) is 19.5 Å². The third kappa shape index (κ3) is 3.66. The molecule has 0 saturated heterocycles. The first-order valence-electron chi connectivity index (χ1n) is 6.48. The molecule has 3 N–H and O–H groups in total. The van der Waals surface area contributed by atoms with Gasteiger partial charge in [-0.2, -0.15) is 0 Å². The van der Waals surface area contributed by atoms with Crippen LogP contribution in [0.5, 0.6) is 11.5 Å². The maximum Gasteiger partial charge on any atom is 0.248 e. The summed E-state index contributed by atoms with van der Waals surface area (Å²) >= 11 is 0. The van der Waals surface area contributed by atoms with Crippen molar-refractivity contribution in [1.82, 2.24) is 0 Å². The Balaban J connectivity index is 2.07. The number of anilines is 1. The molecule has 5 nitrogen and oxygen atoms in total. The second kappa shape index (κ2) is 6.65. The smallest absolute Gasteiger partial charge is 0.248 e. The monoisotopic (exact) mass is 286 g/mol. The molecule has 0 unspecified atom stereocenters. The maximum absolute atomic E-state index is 11.0. The molecular formula is C16H18N2O3. The Bertz CT molecular complexity index is 624. The van der Waals surface area contributed by atoms with E-state index < -0.39 is 5.91 Å². The van der Waals surface area contributed by atoms with Crippen LogP contribution in [0.3, 0.4) is 0 Å². The number of nitrogens with two attached hydrogens (primary N) is 1. The summed E-state index contributed by atoms with van der Waals surface area (Å²) in [7, 11) is 3.23. The molecule has 2 aromatic carbocycles. The molecule has 0 aromatic heterocycles. The second-order valence-corrected chi connectivity index (χ2v) is 4.48. The van der Waals surface area contributed by atoms with Crippen molar-refractivity contribution in [2.45, 2.75) is 6.54 Å².